The van der Waals surface area contributed by atoms with Crippen LogP contribution in [0.3, 0.4) is 0 Å². The van der Waals surface area contributed by atoms with E-state index < -0.39 is 46.7 Å². The molecular weight excluding hydrogens is 568 g/mol. The fraction of sp³-hybridized carbons (Fsp3) is 0.688. The van der Waals surface area contributed by atoms with Gasteiger partial charge in [0.2, 0.25) is 5.60 Å². The summed E-state index contributed by atoms with van der Waals surface area (Å²) in [4.78, 5) is 43.2. The van der Waals surface area contributed by atoms with E-state index in [-0.39, 0.29) is 6.04 Å². The molecule has 1 aromatic rings. The molecule has 1 aromatic carbocycles. The van der Waals surface area contributed by atoms with Crippen LogP contribution in [0.4, 0.5) is 9.59 Å². The Morgan fingerprint density at radius 2 is 1.48 bits per heavy atom. The fourth-order valence-electron chi connectivity index (χ4n) is 4.85. The molecule has 44 heavy (non-hydrogen) atoms. The summed E-state index contributed by atoms with van der Waals surface area (Å²) in [5, 5.41) is 14.7. The molecule has 0 unspecified atom stereocenters. The van der Waals surface area contributed by atoms with Crippen molar-refractivity contribution in [1.29, 1.82) is 5.41 Å². The molecule has 1 fully saturated rings. The van der Waals surface area contributed by atoms with E-state index in [4.69, 9.17) is 29.2 Å². The van der Waals surface area contributed by atoms with Crippen molar-refractivity contribution in [2.45, 2.75) is 129 Å². The number of alkyl carbamates (subject to hydrolysis) is 1. The highest BCUT2D eigenvalue weighted by molar-refractivity contribution is 5.97. The summed E-state index contributed by atoms with van der Waals surface area (Å²) in [5.41, 5.74) is 0.101. The van der Waals surface area contributed by atoms with Gasteiger partial charge in [-0.1, -0.05) is 0 Å². The standard InChI is InChI=1S/C32H50N4O8/c1-29(2,3)41-26(37)32(10,44-36-28(39)43-31(7,8)9)24-14-12-20-17-21(11-13-23(20)40-24)25(33)35-22-15-19(16-22)18-34-27(38)42-30(4,5)6/h11,13,17,19,22,24H,12,14-16,18H2,1-10H3,(H2,33,35)(H,34,38)(H,36,39)/t19-,22+,24-,32+/m1/s1. The minimum absolute atomic E-state index is 0.147. The Hall–Kier alpha value is -3.54. The quantitative estimate of drug-likeness (QED) is 0.102. The molecule has 0 spiro atoms. The van der Waals surface area contributed by atoms with Gasteiger partial charge in [0.25, 0.3) is 0 Å². The second-order valence-corrected chi connectivity index (χ2v) is 14.7. The maximum Gasteiger partial charge on any atom is 0.431 e. The van der Waals surface area contributed by atoms with Crippen LogP contribution >= 0.6 is 0 Å². The third kappa shape index (κ3) is 10.3. The number of rotatable bonds is 8. The summed E-state index contributed by atoms with van der Waals surface area (Å²) in [6.07, 6.45) is 0.607. The van der Waals surface area contributed by atoms with Gasteiger partial charge in [-0.3, -0.25) is 5.41 Å². The first-order valence-corrected chi connectivity index (χ1v) is 15.2. The molecule has 1 saturated carbocycles. The van der Waals surface area contributed by atoms with E-state index in [1.807, 2.05) is 26.8 Å². The van der Waals surface area contributed by atoms with Crippen LogP contribution in [0.1, 0.15) is 99.6 Å². The molecular formula is C32H50N4O8. The van der Waals surface area contributed by atoms with Gasteiger partial charge in [-0.05, 0) is 125 Å². The zero-order valence-corrected chi connectivity index (χ0v) is 27.8. The van der Waals surface area contributed by atoms with Crippen LogP contribution in [0.15, 0.2) is 18.2 Å². The van der Waals surface area contributed by atoms with E-state index in [1.165, 1.54) is 6.92 Å². The van der Waals surface area contributed by atoms with Gasteiger partial charge in [-0.25, -0.2) is 19.2 Å². The summed E-state index contributed by atoms with van der Waals surface area (Å²) in [5.74, 6) is 0.512. The van der Waals surface area contributed by atoms with Gasteiger partial charge < -0.3 is 29.6 Å². The Balaban J connectivity index is 1.60. The third-order valence-electron chi connectivity index (χ3n) is 6.98. The molecule has 4 N–H and O–H groups in total. The molecule has 0 aromatic heterocycles. The lowest BCUT2D eigenvalue weighted by molar-refractivity contribution is -0.205. The van der Waals surface area contributed by atoms with Crippen LogP contribution in [0.5, 0.6) is 5.75 Å². The SMILES string of the molecule is CC(C)(C)OC(=O)NC[C@H]1C[C@@H](NC(=N)c2ccc3c(c2)CC[C@H]([C@](C)(ONC(=O)OC(C)(C)C)C(=O)OC(C)(C)C)O3)C1. The number of hydrogen-bond donors (Lipinski definition) is 4. The minimum atomic E-state index is -1.67. The predicted octanol–water partition coefficient (Wildman–Crippen LogP) is 5.16. The highest BCUT2D eigenvalue weighted by Crippen LogP contribution is 2.35. The number of benzene rings is 1. The van der Waals surface area contributed by atoms with Crippen molar-refractivity contribution in [2.75, 3.05) is 6.54 Å². The van der Waals surface area contributed by atoms with E-state index in [0.29, 0.717) is 36.9 Å². The number of carbonyl (C=O) groups is 3. The van der Waals surface area contributed by atoms with Crippen LogP contribution in [0, 0.1) is 11.3 Å². The third-order valence-corrected chi connectivity index (χ3v) is 6.98. The summed E-state index contributed by atoms with van der Waals surface area (Å²) < 4.78 is 22.4. The van der Waals surface area contributed by atoms with E-state index in [2.05, 4.69) is 16.1 Å². The first-order valence-electron chi connectivity index (χ1n) is 15.2. The Morgan fingerprint density at radius 1 is 0.886 bits per heavy atom. The molecule has 0 radical (unpaired) electrons. The number of nitrogens with one attached hydrogen (secondary N) is 4. The summed E-state index contributed by atoms with van der Waals surface area (Å²) >= 11 is 0. The Kier molecular flexibility index (Phi) is 10.5. The van der Waals surface area contributed by atoms with Gasteiger partial charge in [0, 0.05) is 18.2 Å². The molecule has 2 aliphatic rings. The van der Waals surface area contributed by atoms with Gasteiger partial charge in [0.1, 0.15) is 34.5 Å². The summed E-state index contributed by atoms with van der Waals surface area (Å²) in [6.45, 7) is 18.0. The number of aryl methyl sites for hydroxylation is 1. The molecule has 2 atom stereocenters. The Bertz CT molecular complexity index is 1220. The van der Waals surface area contributed by atoms with Gasteiger partial charge >= 0.3 is 18.2 Å². The number of ether oxygens (including phenoxy) is 4. The first-order chi connectivity index (χ1) is 20.1. The predicted molar refractivity (Wildman–Crippen MR) is 165 cm³/mol. The van der Waals surface area contributed by atoms with Crippen molar-refractivity contribution in [1.82, 2.24) is 16.1 Å². The number of hydroxylamine groups is 1. The summed E-state index contributed by atoms with van der Waals surface area (Å²) in [7, 11) is 0. The van der Waals surface area contributed by atoms with Crippen LogP contribution in [0.2, 0.25) is 0 Å². The molecule has 1 heterocycles. The molecule has 1 aliphatic carbocycles. The van der Waals surface area contributed by atoms with Crippen molar-refractivity contribution in [3.8, 4) is 5.75 Å². The van der Waals surface area contributed by atoms with Crippen molar-refractivity contribution in [3.05, 3.63) is 29.3 Å². The fourth-order valence-corrected chi connectivity index (χ4v) is 4.85. The second kappa shape index (κ2) is 13.2. The molecule has 3 rings (SSSR count). The number of esters is 1. The lowest BCUT2D eigenvalue weighted by Crippen LogP contribution is -2.58. The van der Waals surface area contributed by atoms with Gasteiger partial charge in [0.15, 0.2) is 0 Å². The molecule has 1 aliphatic heterocycles. The van der Waals surface area contributed by atoms with Crippen molar-refractivity contribution in [3.63, 3.8) is 0 Å². The number of fused-ring (bicyclic) bond motifs is 1. The van der Waals surface area contributed by atoms with Crippen molar-refractivity contribution in [2.24, 2.45) is 5.92 Å². The van der Waals surface area contributed by atoms with E-state index in [0.717, 1.165) is 24.0 Å². The molecule has 2 amide bonds. The normalized spacial score (nSPS) is 21.3. The monoisotopic (exact) mass is 618 g/mol. The molecule has 246 valence electrons. The number of hydrogen-bond acceptors (Lipinski definition) is 9. The molecule has 0 saturated heterocycles. The van der Waals surface area contributed by atoms with Crippen LogP contribution in [-0.4, -0.2) is 65.1 Å². The first kappa shape index (κ1) is 34.9. The second-order valence-electron chi connectivity index (χ2n) is 14.7. The van der Waals surface area contributed by atoms with Crippen molar-refractivity contribution >= 4 is 24.0 Å². The minimum Gasteiger partial charge on any atom is -0.486 e. The van der Waals surface area contributed by atoms with E-state index in [1.54, 1.807) is 53.7 Å². The van der Waals surface area contributed by atoms with Gasteiger partial charge in [0.05, 0.1) is 0 Å². The molecule has 12 nitrogen and oxygen atoms in total. The van der Waals surface area contributed by atoms with Gasteiger partial charge in [-0.15, -0.1) is 0 Å². The largest absolute Gasteiger partial charge is 0.486 e. The van der Waals surface area contributed by atoms with Crippen molar-refractivity contribution < 1.29 is 38.2 Å². The Labute approximate surface area is 260 Å². The maximum atomic E-state index is 13.3. The number of amidine groups is 1. The van der Waals surface area contributed by atoms with Crippen LogP contribution < -0.4 is 20.9 Å². The van der Waals surface area contributed by atoms with Gasteiger partial charge in [-0.2, -0.15) is 5.48 Å². The van der Waals surface area contributed by atoms with E-state index >= 15 is 0 Å². The highest BCUT2D eigenvalue weighted by atomic mass is 16.7. The maximum absolute atomic E-state index is 13.3. The molecule has 12 heteroatoms. The topological polar surface area (TPSA) is 157 Å². The van der Waals surface area contributed by atoms with Crippen LogP contribution in [0.25, 0.3) is 0 Å². The Morgan fingerprint density at radius 3 is 2.07 bits per heavy atom. The smallest absolute Gasteiger partial charge is 0.431 e. The number of carbonyl (C=O) groups excluding carboxylic acids is 3. The zero-order valence-electron chi connectivity index (χ0n) is 27.8. The average molecular weight is 619 g/mol. The zero-order chi connectivity index (χ0) is 33.1. The number of amides is 2. The average Bonchev–Trinajstić information content (AvgIpc) is 2.84. The lowest BCUT2D eigenvalue weighted by atomic mass is 9.80. The highest BCUT2D eigenvalue weighted by Gasteiger charge is 2.50. The summed E-state index contributed by atoms with van der Waals surface area (Å²) in [6, 6.07) is 5.62. The van der Waals surface area contributed by atoms with E-state index in [9.17, 15) is 14.4 Å². The lowest BCUT2D eigenvalue weighted by Gasteiger charge is -2.39. The van der Waals surface area contributed by atoms with Crippen LogP contribution in [-0.2, 0) is 30.3 Å². The molecule has 0 bridgehead atoms.